The molecule has 9 heteroatoms. The van der Waals surface area contributed by atoms with Crippen LogP contribution >= 0.6 is 11.8 Å². The first-order valence-electron chi connectivity index (χ1n) is 7.43. The van der Waals surface area contributed by atoms with Crippen molar-refractivity contribution < 1.29 is 14.3 Å². The Kier molecular flexibility index (Phi) is 6.02. The highest BCUT2D eigenvalue weighted by molar-refractivity contribution is 8.00. The zero-order valence-corrected chi connectivity index (χ0v) is 15.1. The smallest absolute Gasteiger partial charge is 0.237 e. The van der Waals surface area contributed by atoms with Crippen molar-refractivity contribution in [3.05, 3.63) is 18.2 Å². The Labute approximate surface area is 144 Å². The molecule has 130 valence electrons. The van der Waals surface area contributed by atoms with Crippen LogP contribution in [0, 0.1) is 0 Å². The zero-order valence-electron chi connectivity index (χ0n) is 14.3. The molecular weight excluding hydrogens is 330 g/mol. The number of carbonyl (C=O) groups is 1. The van der Waals surface area contributed by atoms with Crippen molar-refractivity contribution in [1.82, 2.24) is 20.2 Å². The topological polar surface area (TPSA) is 91.2 Å². The maximum atomic E-state index is 12.4. The summed E-state index contributed by atoms with van der Waals surface area (Å²) in [5.41, 5.74) is 0.604. The molecule has 0 fully saturated rings. The number of benzene rings is 1. The fourth-order valence-electron chi connectivity index (χ4n) is 1.92. The van der Waals surface area contributed by atoms with Gasteiger partial charge in [0.05, 0.1) is 25.5 Å². The Bertz CT molecular complexity index is 682. The number of rotatable bonds is 7. The van der Waals surface area contributed by atoms with Crippen LogP contribution in [0.25, 0.3) is 0 Å². The van der Waals surface area contributed by atoms with Gasteiger partial charge in [0.15, 0.2) is 0 Å². The first-order valence-corrected chi connectivity index (χ1v) is 8.31. The molecule has 1 unspecified atom stereocenters. The normalized spacial score (nSPS) is 12.1. The monoisotopic (exact) mass is 351 g/mol. The van der Waals surface area contributed by atoms with E-state index < -0.39 is 0 Å². The van der Waals surface area contributed by atoms with Crippen molar-refractivity contribution in [2.75, 3.05) is 19.5 Å². The number of methoxy groups -OCH3 is 2. The van der Waals surface area contributed by atoms with Gasteiger partial charge in [0, 0.05) is 23.9 Å². The number of hydrogen-bond acceptors (Lipinski definition) is 7. The fourth-order valence-corrected chi connectivity index (χ4v) is 2.84. The first-order chi connectivity index (χ1) is 11.4. The second-order valence-corrected chi connectivity index (χ2v) is 6.66. The van der Waals surface area contributed by atoms with Gasteiger partial charge in [0.2, 0.25) is 11.1 Å². The van der Waals surface area contributed by atoms with Gasteiger partial charge in [0.25, 0.3) is 0 Å². The van der Waals surface area contributed by atoms with E-state index in [0.717, 1.165) is 0 Å². The van der Waals surface area contributed by atoms with Crippen molar-refractivity contribution in [3.8, 4) is 11.5 Å². The van der Waals surface area contributed by atoms with Crippen LogP contribution in [0.15, 0.2) is 23.4 Å². The SMILES string of the molecule is COc1cc(NC(=O)C(C)Sc2nnnn2C(C)C)cc(OC)c1. The Morgan fingerprint density at radius 1 is 1.17 bits per heavy atom. The average molecular weight is 351 g/mol. The van der Waals surface area contributed by atoms with Crippen LogP contribution in [0.2, 0.25) is 0 Å². The summed E-state index contributed by atoms with van der Waals surface area (Å²) in [5, 5.41) is 14.6. The molecule has 0 spiro atoms. The molecule has 2 rings (SSSR count). The predicted octanol–water partition coefficient (Wildman–Crippen LogP) is 2.39. The maximum Gasteiger partial charge on any atom is 0.237 e. The van der Waals surface area contributed by atoms with E-state index in [0.29, 0.717) is 22.3 Å². The van der Waals surface area contributed by atoms with E-state index in [-0.39, 0.29) is 17.2 Å². The lowest BCUT2D eigenvalue weighted by atomic mass is 10.2. The van der Waals surface area contributed by atoms with Gasteiger partial charge in [-0.3, -0.25) is 4.79 Å². The summed E-state index contributed by atoms with van der Waals surface area (Å²) in [4.78, 5) is 12.4. The van der Waals surface area contributed by atoms with Gasteiger partial charge in [-0.2, -0.15) is 0 Å². The Balaban J connectivity index is 2.07. The molecule has 1 aromatic heterocycles. The first kappa shape index (κ1) is 18.1. The van der Waals surface area contributed by atoms with E-state index in [1.54, 1.807) is 44.0 Å². The second-order valence-electron chi connectivity index (χ2n) is 5.35. The minimum atomic E-state index is -0.370. The quantitative estimate of drug-likeness (QED) is 0.766. The molecule has 0 aliphatic rings. The highest BCUT2D eigenvalue weighted by atomic mass is 32.2. The van der Waals surface area contributed by atoms with Gasteiger partial charge in [-0.25, -0.2) is 4.68 Å². The maximum absolute atomic E-state index is 12.4. The molecule has 24 heavy (non-hydrogen) atoms. The molecule has 1 aromatic carbocycles. The molecule has 1 heterocycles. The summed E-state index contributed by atoms with van der Waals surface area (Å²) < 4.78 is 12.1. The standard InChI is InChI=1S/C15H21N5O3S/c1-9(2)20-15(17-18-19-20)24-10(3)14(21)16-11-6-12(22-4)8-13(7-11)23-5/h6-10H,1-5H3,(H,16,21). The second kappa shape index (κ2) is 8.00. The van der Waals surface area contributed by atoms with Gasteiger partial charge in [-0.15, -0.1) is 5.10 Å². The minimum Gasteiger partial charge on any atom is -0.497 e. The van der Waals surface area contributed by atoms with Crippen LogP contribution in [-0.2, 0) is 4.79 Å². The van der Waals surface area contributed by atoms with Crippen LogP contribution in [-0.4, -0.2) is 45.6 Å². The number of nitrogens with zero attached hydrogens (tertiary/aromatic N) is 4. The molecule has 0 saturated carbocycles. The molecule has 0 aliphatic carbocycles. The van der Waals surface area contributed by atoms with Crippen LogP contribution in [0.1, 0.15) is 26.8 Å². The Morgan fingerprint density at radius 2 is 1.79 bits per heavy atom. The third-order valence-electron chi connectivity index (χ3n) is 3.22. The molecule has 0 bridgehead atoms. The highest BCUT2D eigenvalue weighted by Crippen LogP contribution is 2.27. The zero-order chi connectivity index (χ0) is 17.7. The Hall–Kier alpha value is -2.29. The number of amides is 1. The molecule has 0 radical (unpaired) electrons. The van der Waals surface area contributed by atoms with Crippen molar-refractivity contribution in [2.24, 2.45) is 0 Å². The van der Waals surface area contributed by atoms with Crippen molar-refractivity contribution in [3.63, 3.8) is 0 Å². The van der Waals surface area contributed by atoms with Crippen LogP contribution in [0.4, 0.5) is 5.69 Å². The van der Waals surface area contributed by atoms with Crippen molar-refractivity contribution in [1.29, 1.82) is 0 Å². The molecular formula is C15H21N5O3S. The summed E-state index contributed by atoms with van der Waals surface area (Å²) in [6.45, 7) is 5.76. The molecule has 2 aromatic rings. The largest absolute Gasteiger partial charge is 0.497 e. The molecule has 8 nitrogen and oxygen atoms in total. The summed E-state index contributed by atoms with van der Waals surface area (Å²) >= 11 is 1.30. The van der Waals surface area contributed by atoms with E-state index >= 15 is 0 Å². The van der Waals surface area contributed by atoms with Crippen LogP contribution < -0.4 is 14.8 Å². The van der Waals surface area contributed by atoms with Gasteiger partial charge in [0.1, 0.15) is 11.5 Å². The van der Waals surface area contributed by atoms with Crippen molar-refractivity contribution >= 4 is 23.4 Å². The summed E-state index contributed by atoms with van der Waals surface area (Å²) in [6.07, 6.45) is 0. The summed E-state index contributed by atoms with van der Waals surface area (Å²) in [7, 11) is 3.12. The number of hydrogen-bond donors (Lipinski definition) is 1. The number of nitrogens with one attached hydrogen (secondary N) is 1. The molecule has 0 saturated heterocycles. The van der Waals surface area contributed by atoms with Crippen molar-refractivity contribution in [2.45, 2.75) is 37.2 Å². The molecule has 1 N–H and O–H groups in total. The number of aromatic nitrogens is 4. The van der Waals surface area contributed by atoms with E-state index in [2.05, 4.69) is 20.8 Å². The highest BCUT2D eigenvalue weighted by Gasteiger charge is 2.20. The van der Waals surface area contributed by atoms with E-state index in [9.17, 15) is 4.79 Å². The third kappa shape index (κ3) is 4.38. The van der Waals surface area contributed by atoms with E-state index in [1.165, 1.54) is 11.8 Å². The predicted molar refractivity (Wildman–Crippen MR) is 91.7 cm³/mol. The molecule has 1 amide bonds. The van der Waals surface area contributed by atoms with Crippen LogP contribution in [0.3, 0.4) is 0 Å². The molecule has 0 aliphatic heterocycles. The van der Waals surface area contributed by atoms with Gasteiger partial charge in [-0.05, 0) is 31.2 Å². The summed E-state index contributed by atoms with van der Waals surface area (Å²) in [6, 6.07) is 5.33. The van der Waals surface area contributed by atoms with Gasteiger partial charge in [-0.1, -0.05) is 11.8 Å². The third-order valence-corrected chi connectivity index (χ3v) is 4.27. The number of tetrazole rings is 1. The molecule has 1 atom stereocenters. The number of thioether (sulfide) groups is 1. The number of carbonyl (C=O) groups excluding carboxylic acids is 1. The minimum absolute atomic E-state index is 0.125. The number of ether oxygens (including phenoxy) is 2. The average Bonchev–Trinajstić information content (AvgIpc) is 3.02. The van der Waals surface area contributed by atoms with Gasteiger partial charge >= 0.3 is 0 Å². The van der Waals surface area contributed by atoms with E-state index in [4.69, 9.17) is 9.47 Å². The Morgan fingerprint density at radius 3 is 2.33 bits per heavy atom. The van der Waals surface area contributed by atoms with Gasteiger partial charge < -0.3 is 14.8 Å². The number of anilines is 1. The lowest BCUT2D eigenvalue weighted by Crippen LogP contribution is -2.23. The van der Waals surface area contributed by atoms with Crippen LogP contribution in [0.5, 0.6) is 11.5 Å². The lowest BCUT2D eigenvalue weighted by Gasteiger charge is -2.14. The lowest BCUT2D eigenvalue weighted by molar-refractivity contribution is -0.115. The van der Waals surface area contributed by atoms with E-state index in [1.807, 2.05) is 13.8 Å². The fraction of sp³-hybridized carbons (Fsp3) is 0.467. The summed E-state index contributed by atoms with van der Waals surface area (Å²) in [5.74, 6) is 1.05.